The van der Waals surface area contributed by atoms with Crippen LogP contribution < -0.4 is 10.6 Å². The van der Waals surface area contributed by atoms with E-state index >= 15 is 0 Å². The van der Waals surface area contributed by atoms with Gasteiger partial charge in [-0.2, -0.15) is 0 Å². The van der Waals surface area contributed by atoms with Gasteiger partial charge in [0.2, 0.25) is 11.8 Å². The van der Waals surface area contributed by atoms with Crippen LogP contribution in [0.25, 0.3) is 0 Å². The van der Waals surface area contributed by atoms with E-state index in [-0.39, 0.29) is 12.1 Å². The molecule has 0 aliphatic heterocycles. The molecule has 2 rings (SSSR count). The fourth-order valence-electron chi connectivity index (χ4n) is 1.88. The number of halogens is 3. The lowest BCUT2D eigenvalue weighted by Gasteiger charge is -2.11. The van der Waals surface area contributed by atoms with Gasteiger partial charge in [0.05, 0.1) is 15.7 Å². The predicted molar refractivity (Wildman–Crippen MR) is 94.5 cm³/mol. The second-order valence-corrected chi connectivity index (χ2v) is 6.00. The molecule has 0 saturated heterocycles. The fraction of sp³-hybridized carbons (Fsp3) is 0.125. The van der Waals surface area contributed by atoms with Gasteiger partial charge in [0.1, 0.15) is 6.42 Å². The second-order valence-electron chi connectivity index (χ2n) is 4.78. The van der Waals surface area contributed by atoms with E-state index in [2.05, 4.69) is 10.6 Å². The average molecular weight is 372 g/mol. The van der Waals surface area contributed by atoms with Crippen molar-refractivity contribution in [1.29, 1.82) is 0 Å². The van der Waals surface area contributed by atoms with Gasteiger partial charge < -0.3 is 10.6 Å². The highest BCUT2D eigenvalue weighted by Crippen LogP contribution is 2.30. The molecule has 0 bridgehead atoms. The SMILES string of the molecule is Cc1c(Cl)cccc1NC(=O)CC(=O)Nc1c(Cl)cccc1Cl. The van der Waals surface area contributed by atoms with Crippen molar-refractivity contribution >= 4 is 58.0 Å². The monoisotopic (exact) mass is 370 g/mol. The van der Waals surface area contributed by atoms with Crippen molar-refractivity contribution in [3.8, 4) is 0 Å². The quantitative estimate of drug-likeness (QED) is 0.749. The Balaban J connectivity index is 2.00. The molecule has 120 valence electrons. The normalized spacial score (nSPS) is 10.3. The summed E-state index contributed by atoms with van der Waals surface area (Å²) in [7, 11) is 0. The fourth-order valence-corrected chi connectivity index (χ4v) is 2.55. The molecule has 23 heavy (non-hydrogen) atoms. The Labute approximate surface area is 148 Å². The second kappa shape index (κ2) is 7.68. The number of benzene rings is 2. The molecule has 0 saturated carbocycles. The molecule has 2 aromatic rings. The molecule has 7 heteroatoms. The molecule has 0 unspecified atom stereocenters. The molecule has 0 fully saturated rings. The number of carbonyl (C=O) groups excluding carboxylic acids is 2. The number of hydrogen-bond acceptors (Lipinski definition) is 2. The van der Waals surface area contributed by atoms with Crippen LogP contribution in [-0.4, -0.2) is 11.8 Å². The van der Waals surface area contributed by atoms with Crippen LogP contribution >= 0.6 is 34.8 Å². The number of amides is 2. The molecular formula is C16H13Cl3N2O2. The Hall–Kier alpha value is -1.75. The smallest absolute Gasteiger partial charge is 0.233 e. The van der Waals surface area contributed by atoms with E-state index < -0.39 is 11.8 Å². The molecule has 2 amide bonds. The minimum absolute atomic E-state index is 0.285. The van der Waals surface area contributed by atoms with E-state index in [1.807, 2.05) is 0 Å². The van der Waals surface area contributed by atoms with Gasteiger partial charge in [0.25, 0.3) is 0 Å². The van der Waals surface area contributed by atoms with Crippen molar-refractivity contribution in [2.45, 2.75) is 13.3 Å². The van der Waals surface area contributed by atoms with Gasteiger partial charge in [0, 0.05) is 10.7 Å². The molecule has 0 aromatic heterocycles. The van der Waals surface area contributed by atoms with E-state index in [1.54, 1.807) is 43.3 Å². The molecule has 0 aliphatic carbocycles. The van der Waals surface area contributed by atoms with Crippen LogP contribution in [0.1, 0.15) is 12.0 Å². The number of anilines is 2. The Morgan fingerprint density at radius 1 is 0.870 bits per heavy atom. The lowest BCUT2D eigenvalue weighted by molar-refractivity contribution is -0.123. The summed E-state index contributed by atoms with van der Waals surface area (Å²) in [6.45, 7) is 1.78. The van der Waals surface area contributed by atoms with Crippen LogP contribution in [-0.2, 0) is 9.59 Å². The molecule has 2 N–H and O–H groups in total. The van der Waals surface area contributed by atoms with E-state index in [1.165, 1.54) is 0 Å². The first-order valence-electron chi connectivity index (χ1n) is 6.67. The van der Waals surface area contributed by atoms with E-state index in [9.17, 15) is 9.59 Å². The van der Waals surface area contributed by atoms with Crippen molar-refractivity contribution in [2.24, 2.45) is 0 Å². The van der Waals surface area contributed by atoms with Crippen LogP contribution in [0, 0.1) is 6.92 Å². The van der Waals surface area contributed by atoms with Crippen molar-refractivity contribution in [1.82, 2.24) is 0 Å². The number of nitrogens with one attached hydrogen (secondary N) is 2. The van der Waals surface area contributed by atoms with E-state index in [0.717, 1.165) is 5.56 Å². The van der Waals surface area contributed by atoms with Gasteiger partial charge in [-0.05, 0) is 36.8 Å². The predicted octanol–water partition coefficient (Wildman–Crippen LogP) is 4.92. The highest BCUT2D eigenvalue weighted by molar-refractivity contribution is 6.39. The maximum absolute atomic E-state index is 12.0. The molecule has 0 atom stereocenters. The van der Waals surface area contributed by atoms with Crippen molar-refractivity contribution in [3.05, 3.63) is 57.0 Å². The minimum Gasteiger partial charge on any atom is -0.325 e. The average Bonchev–Trinajstić information content (AvgIpc) is 2.48. The third kappa shape index (κ3) is 4.61. The summed E-state index contributed by atoms with van der Waals surface area (Å²) in [5, 5.41) is 6.32. The molecule has 0 heterocycles. The van der Waals surface area contributed by atoms with E-state index in [4.69, 9.17) is 34.8 Å². The first-order chi connectivity index (χ1) is 10.9. The van der Waals surface area contributed by atoms with Crippen LogP contribution in [0.15, 0.2) is 36.4 Å². The number of hydrogen-bond donors (Lipinski definition) is 2. The topological polar surface area (TPSA) is 58.2 Å². The molecular weight excluding hydrogens is 359 g/mol. The first kappa shape index (κ1) is 17.6. The van der Waals surface area contributed by atoms with Crippen molar-refractivity contribution in [3.63, 3.8) is 0 Å². The zero-order valence-electron chi connectivity index (χ0n) is 12.1. The standard InChI is InChI=1S/C16H13Cl3N2O2/c1-9-10(17)4-3-7-13(9)20-14(22)8-15(23)21-16-11(18)5-2-6-12(16)19/h2-7H,8H2,1H3,(H,20,22)(H,21,23). The van der Waals surface area contributed by atoms with Gasteiger partial charge in [-0.25, -0.2) is 0 Å². The summed E-state index contributed by atoms with van der Waals surface area (Å²) < 4.78 is 0. The molecule has 0 aliphatic rings. The van der Waals surface area contributed by atoms with Crippen molar-refractivity contribution < 1.29 is 9.59 Å². The van der Waals surface area contributed by atoms with Gasteiger partial charge in [0.15, 0.2) is 0 Å². The number of carbonyl (C=O) groups is 2. The molecule has 2 aromatic carbocycles. The molecule has 0 spiro atoms. The lowest BCUT2D eigenvalue weighted by atomic mass is 10.2. The maximum Gasteiger partial charge on any atom is 0.233 e. The summed E-state index contributed by atoms with van der Waals surface area (Å²) in [4.78, 5) is 23.9. The molecule has 0 radical (unpaired) electrons. The first-order valence-corrected chi connectivity index (χ1v) is 7.80. The van der Waals surface area contributed by atoms with Gasteiger partial charge in [-0.15, -0.1) is 0 Å². The van der Waals surface area contributed by atoms with Crippen LogP contribution in [0.2, 0.25) is 15.1 Å². The third-order valence-electron chi connectivity index (χ3n) is 3.09. The number of rotatable bonds is 4. The van der Waals surface area contributed by atoms with Gasteiger partial charge >= 0.3 is 0 Å². The number of para-hydroxylation sites is 1. The third-order valence-corrected chi connectivity index (χ3v) is 4.13. The summed E-state index contributed by atoms with van der Waals surface area (Å²) in [6.07, 6.45) is -0.368. The van der Waals surface area contributed by atoms with Crippen LogP contribution in [0.4, 0.5) is 11.4 Å². The van der Waals surface area contributed by atoms with Gasteiger partial charge in [-0.1, -0.05) is 46.9 Å². The van der Waals surface area contributed by atoms with Crippen LogP contribution in [0.5, 0.6) is 0 Å². The Kier molecular flexibility index (Phi) is 5.88. The largest absolute Gasteiger partial charge is 0.325 e. The maximum atomic E-state index is 12.0. The Morgan fingerprint density at radius 3 is 2.04 bits per heavy atom. The Morgan fingerprint density at radius 2 is 1.39 bits per heavy atom. The molecule has 4 nitrogen and oxygen atoms in total. The van der Waals surface area contributed by atoms with Crippen LogP contribution in [0.3, 0.4) is 0 Å². The highest BCUT2D eigenvalue weighted by atomic mass is 35.5. The summed E-state index contributed by atoms with van der Waals surface area (Å²) in [5.41, 5.74) is 1.58. The van der Waals surface area contributed by atoms with Crippen molar-refractivity contribution in [2.75, 3.05) is 10.6 Å². The summed E-state index contributed by atoms with van der Waals surface area (Å²) in [6, 6.07) is 10.0. The summed E-state index contributed by atoms with van der Waals surface area (Å²) in [5.74, 6) is -0.978. The lowest BCUT2D eigenvalue weighted by Crippen LogP contribution is -2.22. The zero-order valence-corrected chi connectivity index (χ0v) is 14.4. The van der Waals surface area contributed by atoms with E-state index in [0.29, 0.717) is 20.8 Å². The minimum atomic E-state index is -0.516. The summed E-state index contributed by atoms with van der Waals surface area (Å²) >= 11 is 17.9. The Bertz CT molecular complexity index is 743. The zero-order chi connectivity index (χ0) is 17.0. The highest BCUT2D eigenvalue weighted by Gasteiger charge is 2.14. The van der Waals surface area contributed by atoms with Gasteiger partial charge in [-0.3, -0.25) is 9.59 Å².